The number of β-lactam (4-membered cyclic amide) rings is 1. The number of thiol groups is 1. The standard InChI is InChI=1S/C16H15N9O5S3/c1-24-11(20-22-23-24)7(31)2-5-3-32-14-9(13(27)25(14)10(5)15(28)29)19-12(26)8(21-30)6-4-33-16(17)18-6/h2,4,9,14,30-31H,3H2,1H3,(H2,17,18)(H,19,26)(H,28,29). The zero-order valence-electron chi connectivity index (χ0n) is 16.6. The number of rotatable bonds is 6. The number of fused-ring (bicyclic) bond motifs is 1. The van der Waals surface area contributed by atoms with Crippen LogP contribution in [0.5, 0.6) is 0 Å². The van der Waals surface area contributed by atoms with Gasteiger partial charge in [0.2, 0.25) is 0 Å². The molecule has 0 aromatic carbocycles. The van der Waals surface area contributed by atoms with E-state index in [9.17, 15) is 24.7 Å². The quantitative estimate of drug-likeness (QED) is 0.107. The second-order valence-corrected chi connectivity index (χ2v) is 9.19. The number of nitrogen functional groups attached to an aromatic ring is 1. The number of tetrazole rings is 1. The maximum Gasteiger partial charge on any atom is 0.352 e. The van der Waals surface area contributed by atoms with E-state index in [1.54, 1.807) is 7.05 Å². The van der Waals surface area contributed by atoms with E-state index in [4.69, 9.17) is 5.73 Å². The van der Waals surface area contributed by atoms with Gasteiger partial charge in [0.1, 0.15) is 22.8 Å². The maximum absolute atomic E-state index is 12.8. The number of nitrogens with one attached hydrogen (secondary N) is 1. The van der Waals surface area contributed by atoms with Crippen molar-refractivity contribution < 1.29 is 24.7 Å². The van der Waals surface area contributed by atoms with Crippen LogP contribution >= 0.6 is 35.7 Å². The molecule has 1 saturated heterocycles. The van der Waals surface area contributed by atoms with Crippen molar-refractivity contribution in [3.63, 3.8) is 0 Å². The number of thiazole rings is 1. The predicted octanol–water partition coefficient (Wildman–Crippen LogP) is -0.863. The Bertz CT molecular complexity index is 1250. The first kappa shape index (κ1) is 22.7. The first-order valence-corrected chi connectivity index (χ1v) is 11.4. The van der Waals surface area contributed by atoms with Crippen LogP contribution in [0.15, 0.2) is 27.9 Å². The van der Waals surface area contributed by atoms with Crippen LogP contribution in [-0.2, 0) is 21.4 Å². The van der Waals surface area contributed by atoms with Gasteiger partial charge >= 0.3 is 5.97 Å². The number of aliphatic carboxylic acids is 1. The highest BCUT2D eigenvalue weighted by molar-refractivity contribution is 8.00. The number of carboxylic acids is 1. The fourth-order valence-corrected chi connectivity index (χ4v) is 5.45. The van der Waals surface area contributed by atoms with Gasteiger partial charge in [-0.05, 0) is 22.1 Å². The minimum Gasteiger partial charge on any atom is -0.477 e. The summed E-state index contributed by atoms with van der Waals surface area (Å²) >= 11 is 6.65. The molecule has 2 atom stereocenters. The monoisotopic (exact) mass is 509 g/mol. The smallest absolute Gasteiger partial charge is 0.352 e. The van der Waals surface area contributed by atoms with Crippen LogP contribution < -0.4 is 11.1 Å². The van der Waals surface area contributed by atoms with Crippen molar-refractivity contribution in [1.29, 1.82) is 0 Å². The molecule has 1 fully saturated rings. The lowest BCUT2D eigenvalue weighted by Crippen LogP contribution is -2.71. The average Bonchev–Trinajstić information content (AvgIpc) is 3.40. The van der Waals surface area contributed by atoms with Crippen molar-refractivity contribution in [3.05, 3.63) is 34.2 Å². The van der Waals surface area contributed by atoms with Crippen molar-refractivity contribution in [1.82, 2.24) is 35.4 Å². The summed E-state index contributed by atoms with van der Waals surface area (Å²) in [6.45, 7) is 0. The molecule has 0 bridgehead atoms. The third-order valence-corrected chi connectivity index (χ3v) is 7.03. The Morgan fingerprint density at radius 3 is 2.79 bits per heavy atom. The summed E-state index contributed by atoms with van der Waals surface area (Å²) in [5.41, 5.74) is 5.30. The largest absolute Gasteiger partial charge is 0.477 e. The first-order chi connectivity index (χ1) is 15.7. The van der Waals surface area contributed by atoms with Gasteiger partial charge in [0.25, 0.3) is 11.8 Å². The van der Waals surface area contributed by atoms with Crippen LogP contribution in [0.4, 0.5) is 5.13 Å². The molecule has 2 unspecified atom stereocenters. The van der Waals surface area contributed by atoms with Crippen molar-refractivity contribution in [2.24, 2.45) is 12.2 Å². The number of oxime groups is 1. The summed E-state index contributed by atoms with van der Waals surface area (Å²) in [5, 5.41) is 36.4. The van der Waals surface area contributed by atoms with Crippen LogP contribution in [0.1, 0.15) is 11.5 Å². The van der Waals surface area contributed by atoms with Gasteiger partial charge in [0.05, 0.1) is 4.91 Å². The van der Waals surface area contributed by atoms with Crippen LogP contribution in [-0.4, -0.2) is 81.1 Å². The molecule has 0 aliphatic carbocycles. The van der Waals surface area contributed by atoms with E-state index in [2.05, 4.69) is 43.6 Å². The lowest BCUT2D eigenvalue weighted by molar-refractivity contribution is -0.150. The summed E-state index contributed by atoms with van der Waals surface area (Å²) < 4.78 is 1.37. The van der Waals surface area contributed by atoms with Crippen LogP contribution in [0.2, 0.25) is 0 Å². The number of allylic oxidation sites excluding steroid dienone is 1. The highest BCUT2D eigenvalue weighted by atomic mass is 32.2. The fourth-order valence-electron chi connectivity index (χ4n) is 3.25. The number of aromatic nitrogens is 5. The summed E-state index contributed by atoms with van der Waals surface area (Å²) in [7, 11) is 1.60. The Morgan fingerprint density at radius 2 is 2.21 bits per heavy atom. The number of carbonyl (C=O) groups excluding carboxylic acids is 2. The molecule has 33 heavy (non-hydrogen) atoms. The molecule has 4 heterocycles. The first-order valence-electron chi connectivity index (χ1n) is 9.01. The van der Waals surface area contributed by atoms with Crippen molar-refractivity contribution in [2.45, 2.75) is 11.4 Å². The van der Waals surface area contributed by atoms with Gasteiger partial charge < -0.3 is 21.4 Å². The van der Waals surface area contributed by atoms with Crippen LogP contribution in [0.3, 0.4) is 0 Å². The molecule has 2 aromatic heterocycles. The Balaban J connectivity index is 1.56. The number of hydrogen-bond acceptors (Lipinski definition) is 13. The van der Waals surface area contributed by atoms with E-state index >= 15 is 0 Å². The summed E-state index contributed by atoms with van der Waals surface area (Å²) in [4.78, 5) is 42.7. The van der Waals surface area contributed by atoms with Gasteiger partial charge in [-0.2, -0.15) is 0 Å². The van der Waals surface area contributed by atoms with Gasteiger partial charge in [0.15, 0.2) is 16.7 Å². The SMILES string of the molecule is Cn1nnnc1C(S)=CC1=C(C(=O)O)N2C(=O)C(NC(=O)C(=NO)c3csc(N)n3)C2SC1. The lowest BCUT2D eigenvalue weighted by Gasteiger charge is -2.49. The average molecular weight is 510 g/mol. The molecule has 2 amide bonds. The molecule has 17 heteroatoms. The molecule has 0 radical (unpaired) electrons. The molecule has 2 aromatic rings. The second kappa shape index (κ2) is 8.83. The number of hydrogen-bond donors (Lipinski definition) is 5. The Kier molecular flexibility index (Phi) is 6.09. The number of aryl methyl sites for hydroxylation is 1. The van der Waals surface area contributed by atoms with E-state index in [1.165, 1.54) is 27.9 Å². The fraction of sp³-hybridized carbons (Fsp3) is 0.250. The molecule has 4 rings (SSSR count). The molecule has 2 aliphatic heterocycles. The zero-order chi connectivity index (χ0) is 23.9. The van der Waals surface area contributed by atoms with E-state index in [-0.39, 0.29) is 22.3 Å². The van der Waals surface area contributed by atoms with Gasteiger partial charge in [-0.15, -0.1) is 40.8 Å². The summed E-state index contributed by atoms with van der Waals surface area (Å²) in [6, 6.07) is -1.02. The van der Waals surface area contributed by atoms with E-state index < -0.39 is 34.9 Å². The third-order valence-electron chi connectivity index (χ3n) is 4.73. The minimum atomic E-state index is -1.31. The number of thioether (sulfide) groups is 1. The lowest BCUT2D eigenvalue weighted by atomic mass is 10.0. The summed E-state index contributed by atoms with van der Waals surface area (Å²) in [6.07, 6.45) is 1.49. The van der Waals surface area contributed by atoms with Gasteiger partial charge in [-0.25, -0.2) is 14.5 Å². The normalized spacial score (nSPS) is 21.0. The molecular formula is C16H15N9O5S3. The Labute approximate surface area is 198 Å². The topological polar surface area (TPSA) is 202 Å². The number of anilines is 1. The molecule has 14 nitrogen and oxygen atoms in total. The van der Waals surface area contributed by atoms with Crippen molar-refractivity contribution in [3.8, 4) is 0 Å². The molecule has 0 spiro atoms. The van der Waals surface area contributed by atoms with Crippen molar-refractivity contribution in [2.75, 3.05) is 11.5 Å². The van der Waals surface area contributed by atoms with E-state index in [0.29, 0.717) is 16.3 Å². The van der Waals surface area contributed by atoms with Gasteiger partial charge in [0, 0.05) is 18.2 Å². The number of nitrogens with zero attached hydrogens (tertiary/aromatic N) is 7. The second-order valence-electron chi connectivity index (χ2n) is 6.72. The maximum atomic E-state index is 12.8. The highest BCUT2D eigenvalue weighted by Gasteiger charge is 2.54. The number of amides is 2. The number of nitrogens with two attached hydrogens (primary N) is 1. The van der Waals surface area contributed by atoms with E-state index in [0.717, 1.165) is 16.2 Å². The van der Waals surface area contributed by atoms with Gasteiger partial charge in [-0.1, -0.05) is 5.16 Å². The van der Waals surface area contributed by atoms with Crippen LogP contribution in [0, 0.1) is 0 Å². The molecule has 5 N–H and O–H groups in total. The summed E-state index contributed by atoms with van der Waals surface area (Å²) in [5.74, 6) is -2.24. The highest BCUT2D eigenvalue weighted by Crippen LogP contribution is 2.41. The Hall–Kier alpha value is -3.44. The molecular weight excluding hydrogens is 494 g/mol. The Morgan fingerprint density at radius 1 is 1.45 bits per heavy atom. The minimum absolute atomic E-state index is 0.0514. The van der Waals surface area contributed by atoms with Crippen LogP contribution in [0.25, 0.3) is 4.91 Å². The van der Waals surface area contributed by atoms with Crippen molar-refractivity contribution >= 4 is 69.3 Å². The number of carbonyl (C=O) groups is 3. The molecule has 2 aliphatic rings. The van der Waals surface area contributed by atoms with Gasteiger partial charge in [-0.3, -0.25) is 14.5 Å². The third kappa shape index (κ3) is 4.05. The van der Waals surface area contributed by atoms with E-state index in [1.807, 2.05) is 0 Å². The molecule has 0 saturated carbocycles. The predicted molar refractivity (Wildman–Crippen MR) is 120 cm³/mol. The zero-order valence-corrected chi connectivity index (χ0v) is 19.1. The number of carboxylic acid groups (broad SMARTS) is 1. The molecule has 172 valence electrons.